The molecule has 0 N–H and O–H groups in total. The Hall–Kier alpha value is -2.01. The minimum atomic E-state index is 0.764. The lowest BCUT2D eigenvalue weighted by Gasteiger charge is -2.29. The van der Waals surface area contributed by atoms with Crippen LogP contribution in [0, 0.1) is 17.2 Å². The lowest BCUT2D eigenvalue weighted by atomic mass is 9.89. The summed E-state index contributed by atoms with van der Waals surface area (Å²) in [6.07, 6.45) is 6.89. The fourth-order valence-corrected chi connectivity index (χ4v) is 3.57. The van der Waals surface area contributed by atoms with E-state index in [1.54, 1.807) is 0 Å². The van der Waals surface area contributed by atoms with Crippen LogP contribution in [0.25, 0.3) is 10.8 Å². The first kappa shape index (κ1) is 13.9. The highest BCUT2D eigenvalue weighted by atomic mass is 15.1. The number of benzene rings is 2. The Kier molecular flexibility index (Phi) is 4.10. The molecule has 21 heavy (non-hydrogen) atoms. The van der Waals surface area contributed by atoms with Gasteiger partial charge in [0.2, 0.25) is 0 Å². The molecule has 0 unspecified atom stereocenters. The largest absolute Gasteiger partial charge is 0.374 e. The number of hydrogen-bond acceptors (Lipinski definition) is 2. The zero-order valence-corrected chi connectivity index (χ0v) is 12.7. The van der Waals surface area contributed by atoms with Crippen LogP contribution < -0.4 is 4.90 Å². The van der Waals surface area contributed by atoms with E-state index < -0.39 is 0 Å². The Morgan fingerprint density at radius 1 is 1.05 bits per heavy atom. The molecule has 0 atom stereocenters. The minimum Gasteiger partial charge on any atom is -0.374 e. The van der Waals surface area contributed by atoms with Crippen molar-refractivity contribution >= 4 is 16.5 Å². The Labute approximate surface area is 127 Å². The summed E-state index contributed by atoms with van der Waals surface area (Å²) in [5, 5.41) is 11.5. The Balaban J connectivity index is 1.91. The maximum Gasteiger partial charge on any atom is 0.0998 e. The van der Waals surface area contributed by atoms with E-state index in [0.29, 0.717) is 0 Å². The summed E-state index contributed by atoms with van der Waals surface area (Å²) in [5.74, 6) is 0.818. The van der Waals surface area contributed by atoms with Crippen molar-refractivity contribution in [3.05, 3.63) is 42.0 Å². The van der Waals surface area contributed by atoms with E-state index in [1.165, 1.54) is 43.2 Å². The van der Waals surface area contributed by atoms with Crippen LogP contribution in [-0.2, 0) is 0 Å². The van der Waals surface area contributed by atoms with Crippen LogP contribution in [0.1, 0.15) is 37.7 Å². The SMILES string of the molecule is CN(CC1CCCCC1)c1ccc(C#N)c2ccccc12. The highest BCUT2D eigenvalue weighted by Gasteiger charge is 2.17. The molecule has 2 nitrogen and oxygen atoms in total. The van der Waals surface area contributed by atoms with E-state index in [1.807, 2.05) is 18.2 Å². The maximum absolute atomic E-state index is 9.26. The molecule has 1 aliphatic rings. The van der Waals surface area contributed by atoms with Crippen molar-refractivity contribution in [2.45, 2.75) is 32.1 Å². The molecule has 0 radical (unpaired) electrons. The van der Waals surface area contributed by atoms with E-state index in [4.69, 9.17) is 0 Å². The first-order chi connectivity index (χ1) is 10.3. The standard InChI is InChI=1S/C19H22N2/c1-21(14-15-7-3-2-4-8-15)19-12-11-16(13-20)17-9-5-6-10-18(17)19/h5-6,9-12,15H,2-4,7-8,14H2,1H3. The third kappa shape index (κ3) is 2.88. The van der Waals surface area contributed by atoms with E-state index >= 15 is 0 Å². The molecule has 1 saturated carbocycles. The maximum atomic E-state index is 9.26. The van der Waals surface area contributed by atoms with E-state index in [-0.39, 0.29) is 0 Å². The molecular formula is C19H22N2. The second-order valence-corrected chi connectivity index (χ2v) is 6.17. The van der Waals surface area contributed by atoms with Crippen molar-refractivity contribution < 1.29 is 0 Å². The van der Waals surface area contributed by atoms with Gasteiger partial charge in [0.05, 0.1) is 11.6 Å². The fourth-order valence-electron chi connectivity index (χ4n) is 3.57. The average molecular weight is 278 g/mol. The smallest absolute Gasteiger partial charge is 0.0998 e. The predicted octanol–water partition coefficient (Wildman–Crippen LogP) is 4.73. The van der Waals surface area contributed by atoms with Gasteiger partial charge in [-0.2, -0.15) is 5.26 Å². The molecule has 3 rings (SSSR count). The second-order valence-electron chi connectivity index (χ2n) is 6.17. The summed E-state index contributed by atoms with van der Waals surface area (Å²) in [5.41, 5.74) is 2.01. The molecule has 0 heterocycles. The van der Waals surface area contributed by atoms with Gasteiger partial charge in [-0.15, -0.1) is 0 Å². The summed E-state index contributed by atoms with van der Waals surface area (Å²) in [7, 11) is 2.18. The number of nitriles is 1. The van der Waals surface area contributed by atoms with Gasteiger partial charge in [0, 0.05) is 30.1 Å². The van der Waals surface area contributed by atoms with Gasteiger partial charge >= 0.3 is 0 Å². The minimum absolute atomic E-state index is 0.764. The van der Waals surface area contributed by atoms with Crippen LogP contribution in [-0.4, -0.2) is 13.6 Å². The van der Waals surface area contributed by atoms with Crippen LogP contribution in [0.2, 0.25) is 0 Å². The molecule has 0 amide bonds. The van der Waals surface area contributed by atoms with E-state index in [0.717, 1.165) is 23.4 Å². The Morgan fingerprint density at radius 2 is 1.76 bits per heavy atom. The van der Waals surface area contributed by atoms with Crippen LogP contribution in [0.15, 0.2) is 36.4 Å². The van der Waals surface area contributed by atoms with Gasteiger partial charge in [-0.3, -0.25) is 0 Å². The van der Waals surface area contributed by atoms with Gasteiger partial charge in [0.25, 0.3) is 0 Å². The highest BCUT2D eigenvalue weighted by Crippen LogP contribution is 2.31. The van der Waals surface area contributed by atoms with Crippen molar-refractivity contribution in [1.82, 2.24) is 0 Å². The van der Waals surface area contributed by atoms with E-state index in [2.05, 4.69) is 36.2 Å². The van der Waals surface area contributed by atoms with Gasteiger partial charge in [0.1, 0.15) is 0 Å². The van der Waals surface area contributed by atoms with Gasteiger partial charge < -0.3 is 4.90 Å². The zero-order chi connectivity index (χ0) is 14.7. The predicted molar refractivity (Wildman–Crippen MR) is 88.5 cm³/mol. The molecule has 0 saturated heterocycles. The summed E-state index contributed by atoms with van der Waals surface area (Å²) in [6.45, 7) is 1.12. The molecule has 0 aliphatic heterocycles. The summed E-state index contributed by atoms with van der Waals surface area (Å²) in [6, 6.07) is 14.6. The molecule has 2 aromatic rings. The zero-order valence-electron chi connectivity index (χ0n) is 12.7. The first-order valence-electron chi connectivity index (χ1n) is 7.92. The third-order valence-corrected chi connectivity index (χ3v) is 4.69. The first-order valence-corrected chi connectivity index (χ1v) is 7.92. The molecule has 0 bridgehead atoms. The van der Waals surface area contributed by atoms with Gasteiger partial charge in [-0.1, -0.05) is 43.5 Å². The topological polar surface area (TPSA) is 27.0 Å². The molecular weight excluding hydrogens is 256 g/mol. The average Bonchev–Trinajstić information content (AvgIpc) is 2.54. The third-order valence-electron chi connectivity index (χ3n) is 4.69. The van der Waals surface area contributed by atoms with Crippen LogP contribution in [0.4, 0.5) is 5.69 Å². The summed E-state index contributed by atoms with van der Waals surface area (Å²) >= 11 is 0. The monoisotopic (exact) mass is 278 g/mol. The summed E-state index contributed by atoms with van der Waals surface area (Å²) in [4.78, 5) is 2.37. The van der Waals surface area contributed by atoms with Crippen molar-refractivity contribution in [2.75, 3.05) is 18.5 Å². The molecule has 0 aromatic heterocycles. The molecule has 2 heteroatoms. The number of rotatable bonds is 3. The lowest BCUT2D eigenvalue weighted by Crippen LogP contribution is -2.26. The second kappa shape index (κ2) is 6.18. The van der Waals surface area contributed by atoms with Crippen molar-refractivity contribution in [1.29, 1.82) is 5.26 Å². The Morgan fingerprint density at radius 3 is 2.48 bits per heavy atom. The number of anilines is 1. The Bertz CT molecular complexity index is 663. The lowest BCUT2D eigenvalue weighted by molar-refractivity contribution is 0.362. The molecule has 2 aromatic carbocycles. The van der Waals surface area contributed by atoms with Gasteiger partial charge in [0.15, 0.2) is 0 Å². The molecule has 1 aliphatic carbocycles. The molecule has 108 valence electrons. The molecule has 0 spiro atoms. The van der Waals surface area contributed by atoms with E-state index in [9.17, 15) is 5.26 Å². The van der Waals surface area contributed by atoms with Crippen LogP contribution in [0.5, 0.6) is 0 Å². The number of nitrogens with zero attached hydrogens (tertiary/aromatic N) is 2. The van der Waals surface area contributed by atoms with Crippen LogP contribution in [0.3, 0.4) is 0 Å². The highest BCUT2D eigenvalue weighted by molar-refractivity contribution is 5.97. The van der Waals surface area contributed by atoms with Crippen molar-refractivity contribution in [3.63, 3.8) is 0 Å². The number of fused-ring (bicyclic) bond motifs is 1. The normalized spacial score (nSPS) is 15.8. The van der Waals surface area contributed by atoms with Crippen LogP contribution >= 0.6 is 0 Å². The quantitative estimate of drug-likeness (QED) is 0.811. The summed E-state index contributed by atoms with van der Waals surface area (Å²) < 4.78 is 0. The number of hydrogen-bond donors (Lipinski definition) is 0. The van der Waals surface area contributed by atoms with Crippen molar-refractivity contribution in [2.24, 2.45) is 5.92 Å². The molecule has 1 fully saturated rings. The fraction of sp³-hybridized carbons (Fsp3) is 0.421. The van der Waals surface area contributed by atoms with Gasteiger partial charge in [-0.25, -0.2) is 0 Å². The van der Waals surface area contributed by atoms with Crippen molar-refractivity contribution in [3.8, 4) is 6.07 Å². The van der Waals surface area contributed by atoms with Gasteiger partial charge in [-0.05, 0) is 30.9 Å².